The van der Waals surface area contributed by atoms with Crippen LogP contribution in [0.1, 0.15) is 10.6 Å². The lowest BCUT2D eigenvalue weighted by molar-refractivity contribution is 0.313. The maximum absolute atomic E-state index is 5.70. The minimum atomic E-state index is 0.661. The van der Waals surface area contributed by atoms with Gasteiger partial charge in [0.2, 0.25) is 0 Å². The number of hydrogen-bond donors (Lipinski definition) is 1. The van der Waals surface area contributed by atoms with Gasteiger partial charge in [-0.1, -0.05) is 24.3 Å². The van der Waals surface area contributed by atoms with Crippen molar-refractivity contribution in [1.82, 2.24) is 10.3 Å². The van der Waals surface area contributed by atoms with Gasteiger partial charge in [-0.25, -0.2) is 4.98 Å². The SMILES string of the molecule is Cc1cccc(OCCNCc2nc3ccccc3s2)c1. The Labute approximate surface area is 128 Å². The number of nitrogens with zero attached hydrogens (tertiary/aromatic N) is 1. The van der Waals surface area contributed by atoms with Crippen molar-refractivity contribution < 1.29 is 4.74 Å². The van der Waals surface area contributed by atoms with E-state index < -0.39 is 0 Å². The summed E-state index contributed by atoms with van der Waals surface area (Å²) in [5.41, 5.74) is 2.30. The fourth-order valence-corrected chi connectivity index (χ4v) is 3.07. The molecule has 0 radical (unpaired) electrons. The molecule has 3 aromatic rings. The van der Waals surface area contributed by atoms with E-state index in [9.17, 15) is 0 Å². The topological polar surface area (TPSA) is 34.1 Å². The van der Waals surface area contributed by atoms with Crippen LogP contribution < -0.4 is 10.1 Å². The molecule has 1 N–H and O–H groups in total. The summed E-state index contributed by atoms with van der Waals surface area (Å²) < 4.78 is 6.95. The average Bonchev–Trinajstić information content (AvgIpc) is 2.89. The van der Waals surface area contributed by atoms with Crippen molar-refractivity contribution >= 4 is 21.6 Å². The quantitative estimate of drug-likeness (QED) is 0.703. The third kappa shape index (κ3) is 3.80. The number of fused-ring (bicyclic) bond motifs is 1. The van der Waals surface area contributed by atoms with E-state index in [0.29, 0.717) is 6.61 Å². The number of para-hydroxylation sites is 1. The zero-order valence-electron chi connectivity index (χ0n) is 12.0. The third-order valence-electron chi connectivity index (χ3n) is 3.15. The van der Waals surface area contributed by atoms with Crippen LogP contribution in [0.2, 0.25) is 0 Å². The van der Waals surface area contributed by atoms with Gasteiger partial charge in [-0.05, 0) is 36.8 Å². The van der Waals surface area contributed by atoms with Gasteiger partial charge in [0, 0.05) is 13.1 Å². The maximum atomic E-state index is 5.70. The lowest BCUT2D eigenvalue weighted by Crippen LogP contribution is -2.20. The first kappa shape index (κ1) is 14.0. The zero-order chi connectivity index (χ0) is 14.5. The summed E-state index contributed by atoms with van der Waals surface area (Å²) in [7, 11) is 0. The molecular weight excluding hydrogens is 280 g/mol. The first-order valence-electron chi connectivity index (χ1n) is 7.06. The van der Waals surface area contributed by atoms with Crippen LogP contribution in [-0.2, 0) is 6.54 Å². The average molecular weight is 298 g/mol. The van der Waals surface area contributed by atoms with Crippen molar-refractivity contribution in [2.45, 2.75) is 13.5 Å². The monoisotopic (exact) mass is 298 g/mol. The van der Waals surface area contributed by atoms with E-state index in [1.807, 2.05) is 30.3 Å². The van der Waals surface area contributed by atoms with Crippen molar-refractivity contribution in [1.29, 1.82) is 0 Å². The van der Waals surface area contributed by atoms with Crippen LogP contribution in [0.15, 0.2) is 48.5 Å². The normalized spacial score (nSPS) is 10.9. The third-order valence-corrected chi connectivity index (χ3v) is 4.19. The Morgan fingerprint density at radius 2 is 2.05 bits per heavy atom. The molecule has 0 bridgehead atoms. The van der Waals surface area contributed by atoms with Gasteiger partial charge >= 0.3 is 0 Å². The molecule has 0 aliphatic heterocycles. The van der Waals surface area contributed by atoms with Gasteiger partial charge in [0.1, 0.15) is 17.4 Å². The summed E-state index contributed by atoms with van der Waals surface area (Å²) >= 11 is 1.74. The number of aryl methyl sites for hydroxylation is 1. The smallest absolute Gasteiger partial charge is 0.119 e. The molecule has 3 rings (SSSR count). The Balaban J connectivity index is 1.44. The molecule has 1 heterocycles. The van der Waals surface area contributed by atoms with E-state index in [0.717, 1.165) is 29.4 Å². The highest BCUT2D eigenvalue weighted by atomic mass is 32.1. The molecule has 0 amide bonds. The van der Waals surface area contributed by atoms with Gasteiger partial charge in [0.05, 0.1) is 10.2 Å². The van der Waals surface area contributed by atoms with Crippen molar-refractivity contribution in [3.63, 3.8) is 0 Å². The first-order valence-corrected chi connectivity index (χ1v) is 7.87. The lowest BCUT2D eigenvalue weighted by Gasteiger charge is -2.07. The van der Waals surface area contributed by atoms with E-state index in [-0.39, 0.29) is 0 Å². The number of ether oxygens (including phenoxy) is 1. The summed E-state index contributed by atoms with van der Waals surface area (Å²) in [6, 6.07) is 16.3. The second kappa shape index (κ2) is 6.70. The van der Waals surface area contributed by atoms with Crippen molar-refractivity contribution in [3.05, 3.63) is 59.1 Å². The highest BCUT2D eigenvalue weighted by molar-refractivity contribution is 7.18. The molecule has 2 aromatic carbocycles. The number of aromatic nitrogens is 1. The predicted octanol–water partition coefficient (Wildman–Crippen LogP) is 3.77. The molecule has 0 aliphatic rings. The number of nitrogens with one attached hydrogen (secondary N) is 1. The van der Waals surface area contributed by atoms with Crippen LogP contribution in [0, 0.1) is 6.92 Å². The van der Waals surface area contributed by atoms with E-state index >= 15 is 0 Å². The predicted molar refractivity (Wildman–Crippen MR) is 88.0 cm³/mol. The summed E-state index contributed by atoms with van der Waals surface area (Å²) in [6.45, 7) is 4.33. The zero-order valence-corrected chi connectivity index (χ0v) is 12.8. The Hall–Kier alpha value is -1.91. The van der Waals surface area contributed by atoms with Crippen molar-refractivity contribution in [2.24, 2.45) is 0 Å². The number of benzene rings is 2. The van der Waals surface area contributed by atoms with E-state index in [1.165, 1.54) is 10.3 Å². The number of thiazole rings is 1. The maximum Gasteiger partial charge on any atom is 0.119 e. The summed E-state index contributed by atoms with van der Waals surface area (Å²) in [5, 5.41) is 4.49. The van der Waals surface area contributed by atoms with Crippen LogP contribution in [0.4, 0.5) is 0 Å². The van der Waals surface area contributed by atoms with Gasteiger partial charge in [-0.15, -0.1) is 11.3 Å². The molecule has 0 saturated heterocycles. The second-order valence-electron chi connectivity index (χ2n) is 4.92. The van der Waals surface area contributed by atoms with Gasteiger partial charge in [0.15, 0.2) is 0 Å². The fraction of sp³-hybridized carbons (Fsp3) is 0.235. The Kier molecular flexibility index (Phi) is 4.48. The number of hydrogen-bond acceptors (Lipinski definition) is 4. The Morgan fingerprint density at radius 1 is 1.14 bits per heavy atom. The van der Waals surface area contributed by atoms with Crippen LogP contribution in [0.5, 0.6) is 5.75 Å². The summed E-state index contributed by atoms with van der Waals surface area (Å²) in [4.78, 5) is 4.60. The Morgan fingerprint density at radius 3 is 2.90 bits per heavy atom. The highest BCUT2D eigenvalue weighted by Gasteiger charge is 2.02. The summed E-state index contributed by atoms with van der Waals surface area (Å²) in [6.07, 6.45) is 0. The first-order chi connectivity index (χ1) is 10.3. The molecule has 0 unspecified atom stereocenters. The molecule has 4 heteroatoms. The minimum absolute atomic E-state index is 0.661. The molecule has 108 valence electrons. The fourth-order valence-electron chi connectivity index (χ4n) is 2.14. The number of rotatable bonds is 6. The molecule has 0 saturated carbocycles. The largest absolute Gasteiger partial charge is 0.492 e. The van der Waals surface area contributed by atoms with E-state index in [2.05, 4.69) is 35.4 Å². The van der Waals surface area contributed by atoms with E-state index in [1.54, 1.807) is 11.3 Å². The van der Waals surface area contributed by atoms with E-state index in [4.69, 9.17) is 4.74 Å². The van der Waals surface area contributed by atoms with Crippen LogP contribution in [0.3, 0.4) is 0 Å². The molecule has 0 spiro atoms. The van der Waals surface area contributed by atoms with Crippen molar-refractivity contribution in [3.8, 4) is 5.75 Å². The lowest BCUT2D eigenvalue weighted by atomic mass is 10.2. The van der Waals surface area contributed by atoms with Crippen LogP contribution >= 0.6 is 11.3 Å². The van der Waals surface area contributed by atoms with Gasteiger partial charge in [-0.2, -0.15) is 0 Å². The van der Waals surface area contributed by atoms with Crippen LogP contribution in [-0.4, -0.2) is 18.1 Å². The van der Waals surface area contributed by atoms with Crippen molar-refractivity contribution in [2.75, 3.05) is 13.2 Å². The molecular formula is C17H18N2OS. The molecule has 0 atom stereocenters. The standard InChI is InChI=1S/C17H18N2OS/c1-13-5-4-6-14(11-13)20-10-9-18-12-17-19-15-7-2-3-8-16(15)21-17/h2-8,11,18H,9-10,12H2,1H3. The summed E-state index contributed by atoms with van der Waals surface area (Å²) in [5.74, 6) is 0.928. The Bertz CT molecular complexity index is 690. The molecule has 0 aliphatic carbocycles. The highest BCUT2D eigenvalue weighted by Crippen LogP contribution is 2.21. The van der Waals surface area contributed by atoms with Gasteiger partial charge in [-0.3, -0.25) is 0 Å². The minimum Gasteiger partial charge on any atom is -0.492 e. The van der Waals surface area contributed by atoms with Gasteiger partial charge in [0.25, 0.3) is 0 Å². The molecule has 0 fully saturated rings. The molecule has 3 nitrogen and oxygen atoms in total. The van der Waals surface area contributed by atoms with Gasteiger partial charge < -0.3 is 10.1 Å². The molecule has 21 heavy (non-hydrogen) atoms. The second-order valence-corrected chi connectivity index (χ2v) is 6.03. The van der Waals surface area contributed by atoms with Crippen LogP contribution in [0.25, 0.3) is 10.2 Å². The molecule has 1 aromatic heterocycles.